The van der Waals surface area contributed by atoms with Gasteiger partial charge in [-0.15, -0.1) is 0 Å². The molecule has 6 heteroatoms. The summed E-state index contributed by atoms with van der Waals surface area (Å²) in [5.41, 5.74) is -0.0486. The predicted octanol–water partition coefficient (Wildman–Crippen LogP) is 1.53. The highest BCUT2D eigenvalue weighted by atomic mass is 35.5. The molecule has 0 fully saturated rings. The highest BCUT2D eigenvalue weighted by Gasteiger charge is 2.19. The zero-order valence-electron chi connectivity index (χ0n) is 8.15. The van der Waals surface area contributed by atoms with Gasteiger partial charge in [0.1, 0.15) is 0 Å². The average molecular weight is 249 g/mol. The topological polar surface area (TPSA) is 60.4 Å². The van der Waals surface area contributed by atoms with Crippen molar-refractivity contribution in [3.63, 3.8) is 0 Å². The summed E-state index contributed by atoms with van der Waals surface area (Å²) in [7, 11) is -2.29. The molecule has 0 N–H and O–H groups in total. The normalized spacial score (nSPS) is 11.1. The molecule has 15 heavy (non-hydrogen) atoms. The molecule has 0 unspecified atom stereocenters. The number of halogens is 1. The van der Waals surface area contributed by atoms with Crippen molar-refractivity contribution in [1.29, 1.82) is 0 Å². The summed E-state index contributed by atoms with van der Waals surface area (Å²) in [4.78, 5) is 11.2. The van der Waals surface area contributed by atoms with Crippen molar-refractivity contribution >= 4 is 27.4 Å². The molecule has 0 heterocycles. The minimum absolute atomic E-state index is 0.0486. The fourth-order valence-electron chi connectivity index (χ4n) is 1.10. The van der Waals surface area contributed by atoms with Gasteiger partial charge in [-0.25, -0.2) is 13.2 Å². The summed E-state index contributed by atoms with van der Waals surface area (Å²) in [6.45, 7) is 0. The van der Waals surface area contributed by atoms with Crippen molar-refractivity contribution < 1.29 is 17.9 Å². The Bertz CT molecular complexity index is 493. The Labute approximate surface area is 92.7 Å². The highest BCUT2D eigenvalue weighted by Crippen LogP contribution is 2.21. The van der Waals surface area contributed by atoms with Gasteiger partial charge in [0.2, 0.25) is 0 Å². The number of benzene rings is 1. The maximum Gasteiger partial charge on any atom is 0.339 e. The Morgan fingerprint density at radius 2 is 2.00 bits per heavy atom. The highest BCUT2D eigenvalue weighted by molar-refractivity contribution is 7.90. The molecule has 0 aliphatic carbocycles. The zero-order valence-corrected chi connectivity index (χ0v) is 9.72. The first-order valence-electron chi connectivity index (χ1n) is 3.94. The Morgan fingerprint density at radius 1 is 1.40 bits per heavy atom. The van der Waals surface area contributed by atoms with E-state index in [9.17, 15) is 13.2 Å². The third-order valence-corrected chi connectivity index (χ3v) is 3.14. The second-order valence-corrected chi connectivity index (χ2v) is 5.32. The van der Waals surface area contributed by atoms with Gasteiger partial charge in [0.15, 0.2) is 9.84 Å². The first-order chi connectivity index (χ1) is 6.86. The number of ether oxygens (including phenoxy) is 1. The van der Waals surface area contributed by atoms with Crippen LogP contribution in [0, 0.1) is 0 Å². The fourth-order valence-corrected chi connectivity index (χ4v) is 2.12. The van der Waals surface area contributed by atoms with Crippen LogP contribution in [0.2, 0.25) is 5.02 Å². The van der Waals surface area contributed by atoms with E-state index in [4.69, 9.17) is 11.6 Å². The molecule has 0 bridgehead atoms. The van der Waals surface area contributed by atoms with E-state index in [2.05, 4.69) is 4.74 Å². The molecule has 0 saturated carbocycles. The minimum atomic E-state index is -3.46. The van der Waals surface area contributed by atoms with Crippen LogP contribution in [0.3, 0.4) is 0 Å². The van der Waals surface area contributed by atoms with Crippen LogP contribution in [0.25, 0.3) is 0 Å². The molecular weight excluding hydrogens is 240 g/mol. The maximum atomic E-state index is 11.3. The lowest BCUT2D eigenvalue weighted by Crippen LogP contribution is -2.09. The van der Waals surface area contributed by atoms with Gasteiger partial charge in [-0.1, -0.05) is 11.6 Å². The monoisotopic (exact) mass is 248 g/mol. The van der Waals surface area contributed by atoms with Gasteiger partial charge in [-0.05, 0) is 18.2 Å². The number of carbonyl (C=O) groups excluding carboxylic acids is 1. The van der Waals surface area contributed by atoms with Crippen molar-refractivity contribution in [3.05, 3.63) is 28.8 Å². The summed E-state index contributed by atoms with van der Waals surface area (Å²) in [5, 5.41) is 0.280. The van der Waals surface area contributed by atoms with E-state index in [-0.39, 0.29) is 15.5 Å². The number of methoxy groups -OCH3 is 1. The van der Waals surface area contributed by atoms with Gasteiger partial charge >= 0.3 is 5.97 Å². The van der Waals surface area contributed by atoms with Crippen molar-refractivity contribution in [2.24, 2.45) is 0 Å². The lowest BCUT2D eigenvalue weighted by molar-refractivity contribution is 0.0596. The van der Waals surface area contributed by atoms with Crippen molar-refractivity contribution in [3.8, 4) is 0 Å². The van der Waals surface area contributed by atoms with E-state index in [1.165, 1.54) is 25.3 Å². The number of esters is 1. The second-order valence-electron chi connectivity index (χ2n) is 2.90. The zero-order chi connectivity index (χ0) is 11.6. The van der Waals surface area contributed by atoms with Crippen LogP contribution in [0.5, 0.6) is 0 Å². The third kappa shape index (κ3) is 2.70. The van der Waals surface area contributed by atoms with Crippen LogP contribution in [-0.2, 0) is 14.6 Å². The first-order valence-corrected chi connectivity index (χ1v) is 6.21. The second kappa shape index (κ2) is 4.20. The molecule has 0 atom stereocenters. The molecule has 0 spiro atoms. The quantitative estimate of drug-likeness (QED) is 0.745. The van der Waals surface area contributed by atoms with Gasteiger partial charge in [0, 0.05) is 11.3 Å². The Morgan fingerprint density at radius 3 is 2.47 bits per heavy atom. The summed E-state index contributed by atoms with van der Waals surface area (Å²) >= 11 is 5.67. The fraction of sp³-hybridized carbons (Fsp3) is 0.222. The minimum Gasteiger partial charge on any atom is -0.465 e. The summed E-state index contributed by atoms with van der Waals surface area (Å²) < 4.78 is 27.1. The molecular formula is C9H9ClO4S. The van der Waals surface area contributed by atoms with Crippen molar-refractivity contribution in [1.82, 2.24) is 0 Å². The van der Waals surface area contributed by atoms with Gasteiger partial charge in [0.25, 0.3) is 0 Å². The van der Waals surface area contributed by atoms with Crippen molar-refractivity contribution in [2.75, 3.05) is 13.4 Å². The summed E-state index contributed by atoms with van der Waals surface area (Å²) in [6, 6.07) is 3.96. The smallest absolute Gasteiger partial charge is 0.339 e. The van der Waals surface area contributed by atoms with Gasteiger partial charge in [0.05, 0.1) is 17.6 Å². The predicted molar refractivity (Wildman–Crippen MR) is 55.9 cm³/mol. The van der Waals surface area contributed by atoms with Crippen LogP contribution >= 0.6 is 11.6 Å². The van der Waals surface area contributed by atoms with Crippen LogP contribution in [0.1, 0.15) is 10.4 Å². The van der Waals surface area contributed by atoms with Gasteiger partial charge < -0.3 is 4.74 Å². The summed E-state index contributed by atoms with van der Waals surface area (Å²) in [5.74, 6) is -0.724. The molecule has 0 aliphatic rings. The molecule has 0 aliphatic heterocycles. The van der Waals surface area contributed by atoms with Crippen LogP contribution in [-0.4, -0.2) is 27.8 Å². The number of hydrogen-bond acceptors (Lipinski definition) is 4. The largest absolute Gasteiger partial charge is 0.465 e. The first kappa shape index (κ1) is 12.0. The van der Waals surface area contributed by atoms with Gasteiger partial charge in [-0.2, -0.15) is 0 Å². The van der Waals surface area contributed by atoms with E-state index in [1.54, 1.807) is 0 Å². The molecule has 1 aromatic carbocycles. The van der Waals surface area contributed by atoms with Crippen molar-refractivity contribution in [2.45, 2.75) is 4.90 Å². The number of carbonyl (C=O) groups is 1. The molecule has 1 aromatic rings. The van der Waals surface area contributed by atoms with Crippen LogP contribution in [0.4, 0.5) is 0 Å². The Balaban J connectivity index is 3.47. The SMILES string of the molecule is COC(=O)c1cc(Cl)ccc1S(C)(=O)=O. The molecule has 0 aromatic heterocycles. The number of rotatable bonds is 2. The van der Waals surface area contributed by atoms with E-state index >= 15 is 0 Å². The van der Waals surface area contributed by atoms with Crippen LogP contribution in [0.15, 0.2) is 23.1 Å². The van der Waals surface area contributed by atoms with E-state index < -0.39 is 15.8 Å². The maximum absolute atomic E-state index is 11.3. The Hall–Kier alpha value is -1.07. The molecule has 4 nitrogen and oxygen atoms in total. The summed E-state index contributed by atoms with van der Waals surface area (Å²) in [6.07, 6.45) is 1.02. The molecule has 0 saturated heterocycles. The number of sulfone groups is 1. The molecule has 82 valence electrons. The standard InChI is InChI=1S/C9H9ClO4S/c1-14-9(11)7-5-6(10)3-4-8(7)15(2,12)13/h3-5H,1-2H3. The van der Waals surface area contributed by atoms with E-state index in [0.717, 1.165) is 6.26 Å². The third-order valence-electron chi connectivity index (χ3n) is 1.75. The van der Waals surface area contributed by atoms with Gasteiger partial charge in [-0.3, -0.25) is 0 Å². The molecule has 0 amide bonds. The Kier molecular flexibility index (Phi) is 3.36. The van der Waals surface area contributed by atoms with Crippen LogP contribution < -0.4 is 0 Å². The lowest BCUT2D eigenvalue weighted by atomic mass is 10.2. The lowest BCUT2D eigenvalue weighted by Gasteiger charge is -2.06. The number of hydrogen-bond donors (Lipinski definition) is 0. The van der Waals surface area contributed by atoms with E-state index in [0.29, 0.717) is 0 Å². The molecule has 0 radical (unpaired) electrons. The average Bonchev–Trinajstić information content (AvgIpc) is 2.14. The molecule has 1 rings (SSSR count). The van der Waals surface area contributed by atoms with E-state index in [1.807, 2.05) is 0 Å².